The zero-order valence-electron chi connectivity index (χ0n) is 12.7. The van der Waals surface area contributed by atoms with Crippen molar-refractivity contribution in [2.75, 3.05) is 20.1 Å². The molecule has 1 aliphatic heterocycles. The van der Waals surface area contributed by atoms with Crippen LogP contribution in [0.4, 0.5) is 8.78 Å². The van der Waals surface area contributed by atoms with E-state index in [-0.39, 0.29) is 5.57 Å². The monoisotopic (exact) mass is 271 g/mol. The first-order chi connectivity index (χ1) is 9.11. The van der Waals surface area contributed by atoms with E-state index in [1.165, 1.54) is 51.4 Å². The van der Waals surface area contributed by atoms with E-state index in [0.717, 1.165) is 0 Å². The average Bonchev–Trinajstić information content (AvgIpc) is 2.58. The van der Waals surface area contributed by atoms with Crippen LogP contribution in [0, 0.1) is 0 Å². The Balaban J connectivity index is 0.000000316. The molecule has 19 heavy (non-hydrogen) atoms. The molecule has 0 radical (unpaired) electrons. The van der Waals surface area contributed by atoms with Gasteiger partial charge in [-0.15, -0.1) is 0 Å². The molecule has 0 unspecified atom stereocenters. The number of hydrogen-bond donors (Lipinski definition) is 0. The van der Waals surface area contributed by atoms with Gasteiger partial charge in [0, 0.05) is 5.57 Å². The molecule has 1 aliphatic carbocycles. The highest BCUT2D eigenvalue weighted by Crippen LogP contribution is 2.21. The molecular weight excluding hydrogens is 244 g/mol. The third-order valence-corrected chi connectivity index (χ3v) is 2.99. The third kappa shape index (κ3) is 7.93. The molecule has 2 rings (SSSR count). The van der Waals surface area contributed by atoms with Crippen molar-refractivity contribution in [2.45, 2.75) is 46.5 Å². The highest BCUT2D eigenvalue weighted by molar-refractivity contribution is 5.34. The zero-order valence-corrected chi connectivity index (χ0v) is 12.7. The van der Waals surface area contributed by atoms with E-state index >= 15 is 0 Å². The first-order valence-electron chi connectivity index (χ1n) is 7.18. The first-order valence-corrected chi connectivity index (χ1v) is 7.18. The molecule has 110 valence electrons. The van der Waals surface area contributed by atoms with Crippen LogP contribution in [0.1, 0.15) is 46.5 Å². The number of allylic oxidation sites excluding steroid dienone is 6. The minimum Gasteiger partial charge on any atom is -0.306 e. The predicted molar refractivity (Wildman–Crippen MR) is 79.5 cm³/mol. The number of halogens is 2. The molecule has 0 N–H and O–H groups in total. The molecule has 0 spiro atoms. The van der Waals surface area contributed by atoms with Crippen LogP contribution in [0.25, 0.3) is 0 Å². The van der Waals surface area contributed by atoms with Crippen molar-refractivity contribution in [1.82, 2.24) is 4.90 Å². The van der Waals surface area contributed by atoms with E-state index in [9.17, 15) is 8.78 Å². The van der Waals surface area contributed by atoms with Gasteiger partial charge >= 0.3 is 0 Å². The summed E-state index contributed by atoms with van der Waals surface area (Å²) in [5.41, 5.74) is 0.0914. The van der Waals surface area contributed by atoms with Crippen molar-refractivity contribution in [1.29, 1.82) is 0 Å². The maximum absolute atomic E-state index is 12.6. The molecule has 0 saturated carbocycles. The Hall–Kier alpha value is -0.960. The van der Waals surface area contributed by atoms with E-state index in [1.807, 2.05) is 13.8 Å². The summed E-state index contributed by atoms with van der Waals surface area (Å²) in [6.45, 7) is 8.07. The molecule has 1 fully saturated rings. The van der Waals surface area contributed by atoms with Gasteiger partial charge in [-0.25, -0.2) is 8.78 Å². The van der Waals surface area contributed by atoms with Gasteiger partial charge in [0.05, 0.1) is 0 Å². The van der Waals surface area contributed by atoms with Crippen molar-refractivity contribution in [3.63, 3.8) is 0 Å². The summed E-state index contributed by atoms with van der Waals surface area (Å²) in [5, 5.41) is 0. The molecule has 0 aromatic carbocycles. The Kier molecular flexibility index (Phi) is 10.4. The highest BCUT2D eigenvalue weighted by Gasteiger charge is 2.05. The smallest absolute Gasteiger partial charge is 0.128 e. The lowest BCUT2D eigenvalue weighted by Crippen LogP contribution is -2.24. The second-order valence-electron chi connectivity index (χ2n) is 4.53. The van der Waals surface area contributed by atoms with Crippen LogP contribution in [-0.4, -0.2) is 25.0 Å². The highest BCUT2D eigenvalue weighted by atomic mass is 19.1. The van der Waals surface area contributed by atoms with Crippen molar-refractivity contribution in [2.24, 2.45) is 0 Å². The predicted octanol–water partition coefficient (Wildman–Crippen LogP) is 5.17. The largest absolute Gasteiger partial charge is 0.306 e. The Bertz CT molecular complexity index is 324. The van der Waals surface area contributed by atoms with E-state index in [4.69, 9.17) is 0 Å². The fourth-order valence-corrected chi connectivity index (χ4v) is 1.79. The van der Waals surface area contributed by atoms with Crippen LogP contribution in [-0.2, 0) is 0 Å². The average molecular weight is 271 g/mol. The topological polar surface area (TPSA) is 3.24 Å². The lowest BCUT2D eigenvalue weighted by molar-refractivity contribution is 0.277. The summed E-state index contributed by atoms with van der Waals surface area (Å²) in [6.07, 6.45) is 8.98. The number of hydrogen-bond acceptors (Lipinski definition) is 1. The van der Waals surface area contributed by atoms with Gasteiger partial charge in [0.2, 0.25) is 0 Å². The second-order valence-corrected chi connectivity index (χ2v) is 4.53. The number of rotatable bonds is 0. The summed E-state index contributed by atoms with van der Waals surface area (Å²) in [7, 11) is 2.19. The Labute approximate surface area is 116 Å². The summed E-state index contributed by atoms with van der Waals surface area (Å²) >= 11 is 0. The van der Waals surface area contributed by atoms with Gasteiger partial charge in [-0.05, 0) is 58.5 Å². The molecule has 3 heteroatoms. The van der Waals surface area contributed by atoms with Gasteiger partial charge in [0.25, 0.3) is 0 Å². The second kappa shape index (κ2) is 10.9. The molecule has 1 heterocycles. The lowest BCUT2D eigenvalue weighted by Gasteiger charge is -2.20. The van der Waals surface area contributed by atoms with Gasteiger partial charge in [-0.2, -0.15) is 0 Å². The SMILES string of the molecule is CC.CC1=C(F)C=CCC=C1F.CN1CCCCC1. The fourth-order valence-electron chi connectivity index (χ4n) is 1.79. The summed E-state index contributed by atoms with van der Waals surface area (Å²) in [5.74, 6) is -0.936. The van der Waals surface area contributed by atoms with E-state index in [2.05, 4.69) is 11.9 Å². The normalized spacial score (nSPS) is 19.6. The third-order valence-electron chi connectivity index (χ3n) is 2.99. The standard InChI is InChI=1S/C8H8F2.C6H13N.C2H6/c1-6-7(9)4-2-3-5-8(6)10;1-7-5-3-2-4-6-7;1-2/h2,4-5H,3H2,1H3;2-6H2,1H3;1-2H3. The maximum atomic E-state index is 12.6. The number of piperidine rings is 1. The van der Waals surface area contributed by atoms with E-state index in [0.29, 0.717) is 6.42 Å². The lowest BCUT2D eigenvalue weighted by atomic mass is 10.1. The van der Waals surface area contributed by atoms with Gasteiger partial charge in [0.1, 0.15) is 11.7 Å². The van der Waals surface area contributed by atoms with Crippen molar-refractivity contribution in [3.05, 3.63) is 35.5 Å². The van der Waals surface area contributed by atoms with E-state index < -0.39 is 11.7 Å². The van der Waals surface area contributed by atoms with Gasteiger partial charge in [-0.3, -0.25) is 0 Å². The van der Waals surface area contributed by atoms with Gasteiger partial charge in [-0.1, -0.05) is 26.3 Å². The maximum Gasteiger partial charge on any atom is 0.128 e. The Morgan fingerprint density at radius 1 is 1.05 bits per heavy atom. The summed E-state index contributed by atoms with van der Waals surface area (Å²) in [6, 6.07) is 0. The van der Waals surface area contributed by atoms with Crippen molar-refractivity contribution >= 4 is 0 Å². The van der Waals surface area contributed by atoms with Crippen LogP contribution in [0.2, 0.25) is 0 Å². The van der Waals surface area contributed by atoms with Crippen LogP contribution in [0.5, 0.6) is 0 Å². The van der Waals surface area contributed by atoms with Crippen LogP contribution in [0.3, 0.4) is 0 Å². The van der Waals surface area contributed by atoms with Crippen molar-refractivity contribution in [3.8, 4) is 0 Å². The van der Waals surface area contributed by atoms with Gasteiger partial charge in [0.15, 0.2) is 0 Å². The molecule has 0 amide bonds. The zero-order chi connectivity index (χ0) is 14.7. The molecule has 1 saturated heterocycles. The molecule has 0 atom stereocenters. The quantitative estimate of drug-likeness (QED) is 0.587. The molecular formula is C16H27F2N. The van der Waals surface area contributed by atoms with Gasteiger partial charge < -0.3 is 4.90 Å². The molecule has 0 aromatic heterocycles. The van der Waals surface area contributed by atoms with Crippen LogP contribution in [0.15, 0.2) is 35.5 Å². The first kappa shape index (κ1) is 18.0. The fraction of sp³-hybridized carbons (Fsp3) is 0.625. The minimum absolute atomic E-state index is 0.0914. The van der Waals surface area contributed by atoms with Crippen LogP contribution < -0.4 is 0 Å². The number of likely N-dealkylation sites (tertiary alicyclic amines) is 1. The summed E-state index contributed by atoms with van der Waals surface area (Å²) in [4.78, 5) is 2.39. The molecule has 0 bridgehead atoms. The van der Waals surface area contributed by atoms with Crippen LogP contribution >= 0.6 is 0 Å². The molecule has 0 aromatic rings. The molecule has 2 aliphatic rings. The summed E-state index contributed by atoms with van der Waals surface area (Å²) < 4.78 is 25.2. The Morgan fingerprint density at radius 3 is 2.11 bits per heavy atom. The number of nitrogens with zero attached hydrogens (tertiary/aromatic N) is 1. The van der Waals surface area contributed by atoms with E-state index in [1.54, 1.807) is 6.08 Å². The Morgan fingerprint density at radius 2 is 1.63 bits per heavy atom. The molecule has 1 nitrogen and oxygen atoms in total. The minimum atomic E-state index is -0.480. The van der Waals surface area contributed by atoms with Crippen molar-refractivity contribution < 1.29 is 8.78 Å².